The number of hydrogen-bond acceptors (Lipinski definition) is 3. The fourth-order valence-corrected chi connectivity index (χ4v) is 4.48. The average Bonchev–Trinajstić information content (AvgIpc) is 3.24. The van der Waals surface area contributed by atoms with E-state index in [0.29, 0.717) is 19.0 Å². The number of nitrogens with zero attached hydrogens (tertiary/aromatic N) is 2. The molecule has 1 saturated heterocycles. The molecule has 136 valence electrons. The van der Waals surface area contributed by atoms with Crippen molar-refractivity contribution in [1.82, 2.24) is 9.80 Å². The van der Waals surface area contributed by atoms with E-state index in [9.17, 15) is 9.59 Å². The standard InChI is InChI=1S/C19H27N3O2S/c1-21(19(24)20-16-9-5-6-10-17(16)25-2)12-14-11-18(23)22(13-14)15-7-3-4-8-15/h5-6,9-10,14-15H,3-4,7-8,11-13H2,1-2H3,(H,20,24)/t14-/m0/s1. The zero-order chi connectivity index (χ0) is 17.8. The number of likely N-dealkylation sites (tertiary alicyclic amines) is 1. The van der Waals surface area contributed by atoms with Crippen molar-refractivity contribution in [2.45, 2.75) is 43.0 Å². The van der Waals surface area contributed by atoms with Crippen LogP contribution < -0.4 is 5.32 Å². The molecule has 1 aliphatic heterocycles. The van der Waals surface area contributed by atoms with Gasteiger partial charge >= 0.3 is 6.03 Å². The van der Waals surface area contributed by atoms with E-state index in [0.717, 1.165) is 30.0 Å². The largest absolute Gasteiger partial charge is 0.339 e. The van der Waals surface area contributed by atoms with Crippen molar-refractivity contribution in [3.8, 4) is 0 Å². The minimum Gasteiger partial charge on any atom is -0.339 e. The molecule has 1 aromatic carbocycles. The number of hydrogen-bond donors (Lipinski definition) is 1. The SMILES string of the molecule is CSc1ccccc1NC(=O)N(C)C[C@@H]1CC(=O)N(C2CCCC2)C1. The van der Waals surface area contributed by atoms with Gasteiger partial charge in [-0.15, -0.1) is 11.8 Å². The Morgan fingerprint density at radius 2 is 2.04 bits per heavy atom. The van der Waals surface area contributed by atoms with Gasteiger partial charge in [0.25, 0.3) is 0 Å². The number of carbonyl (C=O) groups is 2. The molecule has 6 heteroatoms. The Bertz CT molecular complexity index is 631. The molecule has 0 aromatic heterocycles. The number of thioether (sulfide) groups is 1. The number of nitrogens with one attached hydrogen (secondary N) is 1. The first-order valence-electron chi connectivity index (χ1n) is 9.03. The molecule has 1 aliphatic carbocycles. The van der Waals surface area contributed by atoms with E-state index in [1.807, 2.05) is 30.5 Å². The summed E-state index contributed by atoms with van der Waals surface area (Å²) in [6.45, 7) is 1.41. The zero-order valence-corrected chi connectivity index (χ0v) is 15.8. The number of para-hydroxylation sites is 1. The third-order valence-electron chi connectivity index (χ3n) is 5.23. The Hall–Kier alpha value is -1.69. The van der Waals surface area contributed by atoms with Crippen LogP contribution in [0, 0.1) is 5.92 Å². The topological polar surface area (TPSA) is 52.7 Å². The fourth-order valence-electron chi connectivity index (χ4n) is 3.93. The summed E-state index contributed by atoms with van der Waals surface area (Å²) in [5.41, 5.74) is 0.835. The first kappa shape index (κ1) is 18.1. The molecule has 2 aliphatic rings. The summed E-state index contributed by atoms with van der Waals surface area (Å²) in [5, 5.41) is 2.98. The Labute approximate surface area is 154 Å². The highest BCUT2D eigenvalue weighted by Gasteiger charge is 2.36. The van der Waals surface area contributed by atoms with Gasteiger partial charge < -0.3 is 15.1 Å². The minimum atomic E-state index is -0.117. The molecule has 0 unspecified atom stereocenters. The van der Waals surface area contributed by atoms with E-state index in [2.05, 4.69) is 10.2 Å². The van der Waals surface area contributed by atoms with Crippen LogP contribution in [0.25, 0.3) is 0 Å². The molecule has 1 atom stereocenters. The number of carbonyl (C=O) groups excluding carboxylic acids is 2. The molecule has 0 bridgehead atoms. The van der Waals surface area contributed by atoms with Crippen LogP contribution in [0.2, 0.25) is 0 Å². The molecule has 1 heterocycles. The van der Waals surface area contributed by atoms with Gasteiger partial charge in [0.2, 0.25) is 5.91 Å². The molecule has 5 nitrogen and oxygen atoms in total. The summed E-state index contributed by atoms with van der Waals surface area (Å²) in [5.74, 6) is 0.498. The molecule has 1 saturated carbocycles. The lowest BCUT2D eigenvalue weighted by Gasteiger charge is -2.25. The normalized spacial score (nSPS) is 21.0. The Morgan fingerprint density at radius 1 is 1.32 bits per heavy atom. The van der Waals surface area contributed by atoms with Gasteiger partial charge in [-0.2, -0.15) is 0 Å². The highest BCUT2D eigenvalue weighted by molar-refractivity contribution is 7.98. The van der Waals surface area contributed by atoms with Crippen molar-refractivity contribution in [1.29, 1.82) is 0 Å². The van der Waals surface area contributed by atoms with Crippen molar-refractivity contribution in [3.05, 3.63) is 24.3 Å². The van der Waals surface area contributed by atoms with Crippen molar-refractivity contribution in [3.63, 3.8) is 0 Å². The predicted octanol–water partition coefficient (Wildman–Crippen LogP) is 3.66. The molecule has 1 N–H and O–H groups in total. The van der Waals surface area contributed by atoms with Crippen LogP contribution in [0.15, 0.2) is 29.2 Å². The fraction of sp³-hybridized carbons (Fsp3) is 0.579. The first-order chi connectivity index (χ1) is 12.1. The Kier molecular flexibility index (Phi) is 5.89. The van der Waals surface area contributed by atoms with Crippen molar-refractivity contribution >= 4 is 29.4 Å². The smallest absolute Gasteiger partial charge is 0.321 e. The molecule has 0 radical (unpaired) electrons. The van der Waals surface area contributed by atoms with Crippen LogP contribution >= 0.6 is 11.8 Å². The van der Waals surface area contributed by atoms with Gasteiger partial charge in [-0.1, -0.05) is 25.0 Å². The van der Waals surface area contributed by atoms with Crippen LogP contribution in [0.3, 0.4) is 0 Å². The summed E-state index contributed by atoms with van der Waals surface area (Å²) >= 11 is 1.61. The van der Waals surface area contributed by atoms with Gasteiger partial charge in [0.1, 0.15) is 0 Å². The molecule has 25 heavy (non-hydrogen) atoms. The van der Waals surface area contributed by atoms with Crippen LogP contribution in [-0.2, 0) is 4.79 Å². The Morgan fingerprint density at radius 3 is 2.76 bits per heavy atom. The molecule has 3 rings (SSSR count). The molecule has 0 spiro atoms. The summed E-state index contributed by atoms with van der Waals surface area (Å²) in [6.07, 6.45) is 7.30. The highest BCUT2D eigenvalue weighted by atomic mass is 32.2. The summed E-state index contributed by atoms with van der Waals surface area (Å²) in [6, 6.07) is 8.11. The number of rotatable bonds is 5. The van der Waals surface area contributed by atoms with Crippen LogP contribution in [0.1, 0.15) is 32.1 Å². The minimum absolute atomic E-state index is 0.117. The Balaban J connectivity index is 1.54. The monoisotopic (exact) mass is 361 g/mol. The quantitative estimate of drug-likeness (QED) is 0.814. The number of anilines is 1. The van der Waals surface area contributed by atoms with E-state index >= 15 is 0 Å². The maximum atomic E-state index is 12.5. The maximum absolute atomic E-state index is 12.5. The number of urea groups is 1. The molecular weight excluding hydrogens is 334 g/mol. The van der Waals surface area contributed by atoms with E-state index < -0.39 is 0 Å². The lowest BCUT2D eigenvalue weighted by Crippen LogP contribution is -2.38. The number of benzene rings is 1. The first-order valence-corrected chi connectivity index (χ1v) is 10.3. The summed E-state index contributed by atoms with van der Waals surface area (Å²) in [7, 11) is 1.81. The lowest BCUT2D eigenvalue weighted by molar-refractivity contribution is -0.129. The van der Waals surface area contributed by atoms with E-state index in [-0.39, 0.29) is 17.9 Å². The van der Waals surface area contributed by atoms with Gasteiger partial charge in [-0.3, -0.25) is 4.79 Å². The summed E-state index contributed by atoms with van der Waals surface area (Å²) < 4.78 is 0. The molecular formula is C19H27N3O2S. The van der Waals surface area contributed by atoms with Gasteiger partial charge in [0.05, 0.1) is 5.69 Å². The number of amides is 3. The highest BCUT2D eigenvalue weighted by Crippen LogP contribution is 2.30. The van der Waals surface area contributed by atoms with Gasteiger partial charge in [-0.25, -0.2) is 4.79 Å². The second-order valence-corrected chi connectivity index (χ2v) is 7.91. The maximum Gasteiger partial charge on any atom is 0.321 e. The van der Waals surface area contributed by atoms with Crippen molar-refractivity contribution in [2.75, 3.05) is 31.7 Å². The predicted molar refractivity (Wildman–Crippen MR) is 102 cm³/mol. The third kappa shape index (κ3) is 4.29. The lowest BCUT2D eigenvalue weighted by atomic mass is 10.1. The van der Waals surface area contributed by atoms with Crippen LogP contribution in [0.4, 0.5) is 10.5 Å². The van der Waals surface area contributed by atoms with Gasteiger partial charge in [0.15, 0.2) is 0 Å². The second kappa shape index (κ2) is 8.13. The van der Waals surface area contributed by atoms with Crippen LogP contribution in [0.5, 0.6) is 0 Å². The molecule has 2 fully saturated rings. The average molecular weight is 362 g/mol. The second-order valence-electron chi connectivity index (χ2n) is 7.07. The van der Waals surface area contributed by atoms with E-state index in [1.54, 1.807) is 23.7 Å². The van der Waals surface area contributed by atoms with Gasteiger partial charge in [-0.05, 0) is 31.2 Å². The van der Waals surface area contributed by atoms with Gasteiger partial charge in [0, 0.05) is 43.4 Å². The zero-order valence-electron chi connectivity index (χ0n) is 15.0. The van der Waals surface area contributed by atoms with E-state index in [1.165, 1.54) is 12.8 Å². The summed E-state index contributed by atoms with van der Waals surface area (Å²) in [4.78, 5) is 29.6. The molecule has 3 amide bonds. The van der Waals surface area contributed by atoms with Crippen LogP contribution in [-0.4, -0.2) is 54.2 Å². The third-order valence-corrected chi connectivity index (χ3v) is 6.03. The molecule has 1 aromatic rings. The van der Waals surface area contributed by atoms with Crippen molar-refractivity contribution < 1.29 is 9.59 Å². The van der Waals surface area contributed by atoms with Crippen molar-refractivity contribution in [2.24, 2.45) is 5.92 Å². The van der Waals surface area contributed by atoms with E-state index in [4.69, 9.17) is 0 Å².